The number of fused-ring (bicyclic) bond motifs is 15. The van der Waals surface area contributed by atoms with Gasteiger partial charge in [0.15, 0.2) is 0 Å². The molecule has 0 saturated heterocycles. The van der Waals surface area contributed by atoms with Crippen LogP contribution in [0.1, 0.15) is 168 Å². The summed E-state index contributed by atoms with van der Waals surface area (Å²) in [4.78, 5) is 2.57. The van der Waals surface area contributed by atoms with Crippen LogP contribution in [0.5, 0.6) is 0 Å². The van der Waals surface area contributed by atoms with Crippen LogP contribution < -0.4 is 4.90 Å². The van der Waals surface area contributed by atoms with E-state index < -0.39 is 5.41 Å². The summed E-state index contributed by atoms with van der Waals surface area (Å²) in [6.45, 7) is 9.43. The lowest BCUT2D eigenvalue weighted by atomic mass is 9.69. The topological polar surface area (TPSA) is 27.0 Å². The van der Waals surface area contributed by atoms with Gasteiger partial charge in [-0.3, -0.25) is 0 Å². The molecule has 0 amide bonds. The summed E-state index contributed by atoms with van der Waals surface area (Å²) in [6, 6.07) is 67.5. The fourth-order valence-corrected chi connectivity index (χ4v) is 14.2. The third-order valence-electron chi connectivity index (χ3n) is 17.7. The number of para-hydroxylation sites is 2. The van der Waals surface area contributed by atoms with E-state index >= 15 is 0 Å². The molecule has 0 saturated carbocycles. The molecule has 4 aliphatic rings. The second kappa shape index (κ2) is 18.6. The van der Waals surface area contributed by atoms with E-state index in [0.29, 0.717) is 5.56 Å². The molecule has 3 aliphatic carbocycles. The van der Waals surface area contributed by atoms with E-state index in [1.54, 1.807) is 0 Å². The Balaban J connectivity index is 1.03. The largest absolute Gasteiger partial charge is 0.310 e. The fraction of sp³-hybridized carbons (Fsp3) is 0.300. The first kappa shape index (κ1) is 46.1. The molecule has 2 nitrogen and oxygen atoms in total. The van der Waals surface area contributed by atoms with Crippen LogP contribution >= 0.6 is 0 Å². The maximum absolute atomic E-state index is 10.3. The van der Waals surface area contributed by atoms with Crippen molar-refractivity contribution in [3.63, 3.8) is 0 Å². The van der Waals surface area contributed by atoms with E-state index in [4.69, 9.17) is 0 Å². The zero-order chi connectivity index (χ0) is 49.0. The van der Waals surface area contributed by atoms with Crippen molar-refractivity contribution in [1.29, 1.82) is 5.26 Å². The molecule has 12 rings (SSSR count). The van der Waals surface area contributed by atoms with Gasteiger partial charge in [0.1, 0.15) is 0 Å². The highest BCUT2D eigenvalue weighted by Crippen LogP contribution is 2.64. The second-order valence-corrected chi connectivity index (χ2v) is 22.1. The van der Waals surface area contributed by atoms with Gasteiger partial charge in [-0.15, -0.1) is 0 Å². The molecule has 0 radical (unpaired) electrons. The average Bonchev–Trinajstić information content (AvgIpc) is 4.00. The lowest BCUT2D eigenvalue weighted by molar-refractivity contribution is 0.398. The lowest BCUT2D eigenvalue weighted by Gasteiger charge is -2.42. The number of hydrogen-bond acceptors (Lipinski definition) is 2. The molecular weight excluding hydrogens is 869 g/mol. The highest BCUT2D eigenvalue weighted by atomic mass is 15.2. The molecule has 0 unspecified atom stereocenters. The first-order valence-electron chi connectivity index (χ1n) is 27.5. The minimum absolute atomic E-state index is 0.115. The molecule has 2 heteroatoms. The predicted octanol–water partition coefficient (Wildman–Crippen LogP) is 19.4. The average molecular weight is 937 g/mol. The third kappa shape index (κ3) is 7.09. The van der Waals surface area contributed by atoms with E-state index in [1.165, 1.54) is 183 Å². The van der Waals surface area contributed by atoms with Crippen molar-refractivity contribution in [2.75, 3.05) is 4.90 Å². The zero-order valence-electron chi connectivity index (χ0n) is 43.0. The quantitative estimate of drug-likeness (QED) is 0.0903. The molecule has 1 heterocycles. The third-order valence-corrected chi connectivity index (χ3v) is 17.7. The van der Waals surface area contributed by atoms with Gasteiger partial charge in [0, 0.05) is 16.5 Å². The van der Waals surface area contributed by atoms with Crippen LogP contribution in [-0.2, 0) is 16.2 Å². The Morgan fingerprint density at radius 3 is 1.36 bits per heavy atom. The Labute approximate surface area is 429 Å². The van der Waals surface area contributed by atoms with E-state index in [2.05, 4.69) is 202 Å². The maximum Gasteiger partial charge on any atom is 0.0991 e. The molecule has 1 spiro atoms. The van der Waals surface area contributed by atoms with Crippen molar-refractivity contribution in [3.8, 4) is 50.6 Å². The lowest BCUT2D eigenvalue weighted by Crippen LogP contribution is -2.31. The second-order valence-electron chi connectivity index (χ2n) is 22.1. The van der Waals surface area contributed by atoms with E-state index in [1.807, 2.05) is 6.07 Å². The smallest absolute Gasteiger partial charge is 0.0991 e. The molecule has 0 fully saturated rings. The van der Waals surface area contributed by atoms with Crippen LogP contribution in [0.3, 0.4) is 0 Å². The predicted molar refractivity (Wildman–Crippen MR) is 302 cm³/mol. The highest BCUT2D eigenvalue weighted by Gasteiger charge is 2.52. The first-order chi connectivity index (χ1) is 35.3. The van der Waals surface area contributed by atoms with Crippen molar-refractivity contribution in [2.45, 2.75) is 134 Å². The summed E-state index contributed by atoms with van der Waals surface area (Å²) in [5.41, 5.74) is 25.1. The van der Waals surface area contributed by atoms with E-state index in [9.17, 15) is 5.26 Å². The number of benzene rings is 8. The maximum atomic E-state index is 10.3. The van der Waals surface area contributed by atoms with Crippen molar-refractivity contribution in [1.82, 2.24) is 0 Å². The van der Waals surface area contributed by atoms with Gasteiger partial charge < -0.3 is 4.90 Å². The Bertz CT molecular complexity index is 3300. The monoisotopic (exact) mass is 937 g/mol. The number of unbranched alkanes of at least 4 members (excludes halogenated alkanes) is 10. The molecule has 0 bridgehead atoms. The summed E-state index contributed by atoms with van der Waals surface area (Å²) >= 11 is 0. The van der Waals surface area contributed by atoms with Crippen molar-refractivity contribution < 1.29 is 0 Å². The minimum Gasteiger partial charge on any atom is -0.310 e. The Morgan fingerprint density at radius 1 is 0.389 bits per heavy atom. The van der Waals surface area contributed by atoms with Crippen molar-refractivity contribution in [2.24, 2.45) is 0 Å². The normalized spacial score (nSPS) is 15.2. The summed E-state index contributed by atoms with van der Waals surface area (Å²) in [7, 11) is 0. The Kier molecular flexibility index (Phi) is 11.9. The first-order valence-corrected chi connectivity index (χ1v) is 27.5. The molecule has 0 N–H and O–H groups in total. The molecule has 1 aliphatic heterocycles. The number of hydrogen-bond donors (Lipinski definition) is 0. The molecule has 0 atom stereocenters. The van der Waals surface area contributed by atoms with Crippen LogP contribution in [0.4, 0.5) is 17.1 Å². The number of anilines is 3. The van der Waals surface area contributed by atoms with Crippen LogP contribution in [-0.4, -0.2) is 0 Å². The standard InChI is InChI=1S/C70H68N2/c1-5-7-9-11-13-23-41-69(42-24-14-12-10-8-6-2)62-44-49(34-38-54(62)55-40-36-51(46-63(55)69)72-66-31-21-19-29-60(66)68(3,4)61-30-20-22-32-67(61)72)50-35-39-57-56-37-33-48(47-71)43-64(56)70(65(57)45-50)58-27-17-15-25-52(58)53-26-16-18-28-59(53)70/h15-22,25-40,43-46H,5-14,23-24,41-42H2,1-4H3. The molecule has 72 heavy (non-hydrogen) atoms. The van der Waals surface area contributed by atoms with Crippen LogP contribution in [0.15, 0.2) is 170 Å². The van der Waals surface area contributed by atoms with Gasteiger partial charge in [-0.05, 0) is 150 Å². The van der Waals surface area contributed by atoms with Gasteiger partial charge in [-0.1, -0.05) is 226 Å². The van der Waals surface area contributed by atoms with Crippen LogP contribution in [0, 0.1) is 11.3 Å². The Hall–Kier alpha value is -6.95. The van der Waals surface area contributed by atoms with Crippen molar-refractivity contribution in [3.05, 3.63) is 220 Å². The Morgan fingerprint density at radius 2 is 0.806 bits per heavy atom. The summed E-state index contributed by atoms with van der Waals surface area (Å²) in [5, 5.41) is 10.3. The summed E-state index contributed by atoms with van der Waals surface area (Å²) in [6.07, 6.45) is 17.7. The summed E-state index contributed by atoms with van der Waals surface area (Å²) in [5.74, 6) is 0. The van der Waals surface area contributed by atoms with E-state index in [0.717, 1.165) is 12.8 Å². The molecule has 0 aromatic heterocycles. The number of nitriles is 1. The van der Waals surface area contributed by atoms with Gasteiger partial charge in [-0.2, -0.15) is 5.26 Å². The summed E-state index contributed by atoms with van der Waals surface area (Å²) < 4.78 is 0. The minimum atomic E-state index is -0.524. The van der Waals surface area contributed by atoms with Gasteiger partial charge in [-0.25, -0.2) is 0 Å². The van der Waals surface area contributed by atoms with Crippen LogP contribution in [0.25, 0.3) is 44.5 Å². The molecule has 8 aromatic rings. The number of rotatable bonds is 16. The molecular formula is C70H68N2. The van der Waals surface area contributed by atoms with Gasteiger partial charge in [0.2, 0.25) is 0 Å². The molecule has 358 valence electrons. The van der Waals surface area contributed by atoms with E-state index in [-0.39, 0.29) is 10.8 Å². The fourth-order valence-electron chi connectivity index (χ4n) is 14.2. The zero-order valence-corrected chi connectivity index (χ0v) is 43.0. The SMILES string of the molecule is CCCCCCCCC1(CCCCCCCC)c2cc(-c3ccc4c(c3)C3(c5ccccc5-c5ccccc53)c3cc(C#N)ccc3-4)ccc2-c2ccc(N3c4ccccc4C(C)(C)c4ccccc43)cc21. The van der Waals surface area contributed by atoms with Crippen LogP contribution in [0.2, 0.25) is 0 Å². The van der Waals surface area contributed by atoms with Crippen molar-refractivity contribution >= 4 is 17.1 Å². The van der Waals surface area contributed by atoms with Gasteiger partial charge in [0.05, 0.1) is 28.4 Å². The number of nitrogens with zero attached hydrogens (tertiary/aromatic N) is 2. The highest BCUT2D eigenvalue weighted by molar-refractivity contribution is 5.97. The molecule has 8 aromatic carbocycles. The van der Waals surface area contributed by atoms with Gasteiger partial charge >= 0.3 is 0 Å². The van der Waals surface area contributed by atoms with Gasteiger partial charge in [0.25, 0.3) is 0 Å².